The molecule has 0 aliphatic heterocycles. The Hall–Kier alpha value is -1.53. The Morgan fingerprint density at radius 2 is 2.05 bits per heavy atom. The lowest BCUT2D eigenvalue weighted by molar-refractivity contribution is 0.275. The van der Waals surface area contributed by atoms with Gasteiger partial charge in [-0.15, -0.1) is 0 Å². The van der Waals surface area contributed by atoms with E-state index in [1.807, 2.05) is 12.1 Å². The van der Waals surface area contributed by atoms with Crippen LogP contribution in [0.4, 0.5) is 0 Å². The van der Waals surface area contributed by atoms with Crippen LogP contribution in [0.5, 0.6) is 5.75 Å². The number of methoxy groups -OCH3 is 1. The molecule has 2 rings (SSSR count). The van der Waals surface area contributed by atoms with Crippen LogP contribution in [-0.2, 0) is 6.54 Å². The average Bonchev–Trinajstić information content (AvgIpc) is 2.53. The summed E-state index contributed by atoms with van der Waals surface area (Å²) in [6.45, 7) is 4.17. The second-order valence-electron chi connectivity index (χ2n) is 6.23. The Morgan fingerprint density at radius 3 is 2.71 bits per heavy atom. The minimum Gasteiger partial charge on any atom is -0.496 e. The quantitative estimate of drug-likeness (QED) is 0.807. The van der Waals surface area contributed by atoms with E-state index in [2.05, 4.69) is 18.3 Å². The van der Waals surface area contributed by atoms with Gasteiger partial charge in [-0.05, 0) is 43.0 Å². The first kappa shape index (κ1) is 15.9. The van der Waals surface area contributed by atoms with Gasteiger partial charge in [-0.25, -0.2) is 0 Å². The zero-order chi connectivity index (χ0) is 15.1. The molecule has 21 heavy (non-hydrogen) atoms. The van der Waals surface area contributed by atoms with Crippen LogP contribution in [0.2, 0.25) is 0 Å². The molecule has 0 amide bonds. The van der Waals surface area contributed by atoms with Crippen molar-refractivity contribution < 1.29 is 4.74 Å². The van der Waals surface area contributed by atoms with Crippen molar-refractivity contribution in [3.8, 4) is 11.8 Å². The molecule has 0 aromatic heterocycles. The van der Waals surface area contributed by atoms with E-state index in [0.717, 1.165) is 36.2 Å². The molecule has 0 saturated heterocycles. The van der Waals surface area contributed by atoms with Gasteiger partial charge in [-0.3, -0.25) is 0 Å². The number of nitrogens with one attached hydrogen (secondary N) is 1. The molecule has 3 nitrogen and oxygen atoms in total. The standard InChI is InChI=1S/C18H26N2O/c1-14-3-5-15(6-4-14)9-10-20-13-17-11-16(12-19)7-8-18(17)21-2/h7-8,11,14-15,20H,3-6,9-10,13H2,1-2H3. The SMILES string of the molecule is COc1ccc(C#N)cc1CNCCC1CCC(C)CC1. The van der Waals surface area contributed by atoms with Crippen LogP contribution in [-0.4, -0.2) is 13.7 Å². The smallest absolute Gasteiger partial charge is 0.123 e. The fourth-order valence-corrected chi connectivity index (χ4v) is 3.13. The first-order chi connectivity index (χ1) is 10.2. The Morgan fingerprint density at radius 1 is 1.29 bits per heavy atom. The van der Waals surface area contributed by atoms with Crippen molar-refractivity contribution in [3.63, 3.8) is 0 Å². The van der Waals surface area contributed by atoms with Crippen molar-refractivity contribution in [2.75, 3.05) is 13.7 Å². The lowest BCUT2D eigenvalue weighted by Crippen LogP contribution is -2.20. The van der Waals surface area contributed by atoms with E-state index >= 15 is 0 Å². The van der Waals surface area contributed by atoms with E-state index in [1.165, 1.54) is 32.1 Å². The number of nitrogens with zero attached hydrogens (tertiary/aromatic N) is 1. The van der Waals surface area contributed by atoms with Gasteiger partial charge in [-0.1, -0.05) is 32.6 Å². The molecule has 1 aliphatic carbocycles. The van der Waals surface area contributed by atoms with Gasteiger partial charge in [0.05, 0.1) is 18.7 Å². The molecule has 0 atom stereocenters. The van der Waals surface area contributed by atoms with E-state index < -0.39 is 0 Å². The van der Waals surface area contributed by atoms with Crippen LogP contribution in [0.3, 0.4) is 0 Å². The third-order valence-corrected chi connectivity index (χ3v) is 4.59. The van der Waals surface area contributed by atoms with Crippen molar-refractivity contribution in [2.45, 2.75) is 45.6 Å². The Bertz CT molecular complexity index is 484. The molecule has 1 N–H and O–H groups in total. The molecule has 0 unspecified atom stereocenters. The second-order valence-corrected chi connectivity index (χ2v) is 6.23. The number of ether oxygens (including phenoxy) is 1. The van der Waals surface area contributed by atoms with Crippen LogP contribution in [0.15, 0.2) is 18.2 Å². The summed E-state index contributed by atoms with van der Waals surface area (Å²) < 4.78 is 5.35. The van der Waals surface area contributed by atoms with Crippen LogP contribution in [0.25, 0.3) is 0 Å². The van der Waals surface area contributed by atoms with E-state index in [1.54, 1.807) is 13.2 Å². The summed E-state index contributed by atoms with van der Waals surface area (Å²) in [6.07, 6.45) is 6.81. The van der Waals surface area contributed by atoms with Crippen molar-refractivity contribution in [1.29, 1.82) is 5.26 Å². The van der Waals surface area contributed by atoms with Gasteiger partial charge in [0, 0.05) is 12.1 Å². The lowest BCUT2D eigenvalue weighted by atomic mass is 9.81. The minimum absolute atomic E-state index is 0.689. The normalized spacial score (nSPS) is 21.8. The molecular formula is C18H26N2O. The van der Waals surface area contributed by atoms with Gasteiger partial charge in [-0.2, -0.15) is 5.26 Å². The molecule has 1 aliphatic rings. The van der Waals surface area contributed by atoms with Crippen molar-refractivity contribution in [2.24, 2.45) is 11.8 Å². The third-order valence-electron chi connectivity index (χ3n) is 4.59. The van der Waals surface area contributed by atoms with Crippen LogP contribution >= 0.6 is 0 Å². The maximum atomic E-state index is 8.98. The molecule has 0 spiro atoms. The zero-order valence-electron chi connectivity index (χ0n) is 13.2. The zero-order valence-corrected chi connectivity index (χ0v) is 13.2. The highest BCUT2D eigenvalue weighted by atomic mass is 16.5. The summed E-state index contributed by atoms with van der Waals surface area (Å²) in [6, 6.07) is 7.76. The summed E-state index contributed by atoms with van der Waals surface area (Å²) in [7, 11) is 1.67. The van der Waals surface area contributed by atoms with Crippen molar-refractivity contribution >= 4 is 0 Å². The maximum Gasteiger partial charge on any atom is 0.123 e. The van der Waals surface area contributed by atoms with Crippen LogP contribution < -0.4 is 10.1 Å². The predicted octanol–water partition coefficient (Wildman–Crippen LogP) is 3.87. The van der Waals surface area contributed by atoms with Crippen LogP contribution in [0.1, 0.15) is 50.2 Å². The molecule has 3 heteroatoms. The number of benzene rings is 1. The molecule has 0 heterocycles. The van der Waals surface area contributed by atoms with E-state index in [4.69, 9.17) is 10.00 Å². The largest absolute Gasteiger partial charge is 0.496 e. The number of hydrogen-bond acceptors (Lipinski definition) is 3. The fraction of sp³-hybridized carbons (Fsp3) is 0.611. The minimum atomic E-state index is 0.689. The molecule has 1 aromatic rings. The molecule has 114 valence electrons. The van der Waals surface area contributed by atoms with Gasteiger partial charge in [0.1, 0.15) is 5.75 Å². The number of rotatable bonds is 6. The van der Waals surface area contributed by atoms with Crippen molar-refractivity contribution in [3.05, 3.63) is 29.3 Å². The lowest BCUT2D eigenvalue weighted by Gasteiger charge is -2.26. The maximum absolute atomic E-state index is 8.98. The molecule has 1 aromatic carbocycles. The van der Waals surface area contributed by atoms with Gasteiger partial charge < -0.3 is 10.1 Å². The molecule has 0 bridgehead atoms. The predicted molar refractivity (Wildman–Crippen MR) is 85.2 cm³/mol. The highest BCUT2D eigenvalue weighted by Gasteiger charge is 2.17. The third kappa shape index (κ3) is 4.75. The van der Waals surface area contributed by atoms with E-state index in [9.17, 15) is 0 Å². The fourth-order valence-electron chi connectivity index (χ4n) is 3.13. The summed E-state index contributed by atoms with van der Waals surface area (Å²) in [5.74, 6) is 2.67. The highest BCUT2D eigenvalue weighted by molar-refractivity contribution is 5.41. The van der Waals surface area contributed by atoms with Gasteiger partial charge in [0.2, 0.25) is 0 Å². The molecule has 0 radical (unpaired) electrons. The van der Waals surface area contributed by atoms with Crippen LogP contribution in [0, 0.1) is 23.2 Å². The Balaban J connectivity index is 1.77. The average molecular weight is 286 g/mol. The monoisotopic (exact) mass is 286 g/mol. The molecular weight excluding hydrogens is 260 g/mol. The van der Waals surface area contributed by atoms with Gasteiger partial charge in [0.25, 0.3) is 0 Å². The van der Waals surface area contributed by atoms with Gasteiger partial charge >= 0.3 is 0 Å². The van der Waals surface area contributed by atoms with Crippen molar-refractivity contribution in [1.82, 2.24) is 5.32 Å². The topological polar surface area (TPSA) is 45.0 Å². The number of nitriles is 1. The second kappa shape index (κ2) is 8.05. The number of hydrogen-bond donors (Lipinski definition) is 1. The van der Waals surface area contributed by atoms with E-state index in [0.29, 0.717) is 5.56 Å². The first-order valence-corrected chi connectivity index (χ1v) is 8.00. The highest BCUT2D eigenvalue weighted by Crippen LogP contribution is 2.30. The first-order valence-electron chi connectivity index (χ1n) is 8.00. The van der Waals surface area contributed by atoms with Gasteiger partial charge in [0.15, 0.2) is 0 Å². The summed E-state index contributed by atoms with van der Waals surface area (Å²) in [4.78, 5) is 0. The molecule has 1 saturated carbocycles. The Labute approximate surface area is 128 Å². The summed E-state index contributed by atoms with van der Waals surface area (Å²) in [5.41, 5.74) is 1.75. The summed E-state index contributed by atoms with van der Waals surface area (Å²) >= 11 is 0. The molecule has 1 fully saturated rings. The van der Waals surface area contributed by atoms with E-state index in [-0.39, 0.29) is 0 Å². The Kier molecular flexibility index (Phi) is 6.07. The summed E-state index contributed by atoms with van der Waals surface area (Å²) in [5, 5.41) is 12.5.